The highest BCUT2D eigenvalue weighted by molar-refractivity contribution is 7.91. The molecule has 1 fully saturated rings. The van der Waals surface area contributed by atoms with Crippen molar-refractivity contribution in [1.82, 2.24) is 0 Å². The molecule has 0 saturated heterocycles. The van der Waals surface area contributed by atoms with E-state index in [0.29, 0.717) is 0 Å². The van der Waals surface area contributed by atoms with Crippen LogP contribution in [0.4, 0.5) is 0 Å². The summed E-state index contributed by atoms with van der Waals surface area (Å²) in [6, 6.07) is -1.29. The minimum absolute atomic E-state index is 0.0913. The second-order valence-electron chi connectivity index (χ2n) is 4.17. The van der Waals surface area contributed by atoms with Crippen molar-refractivity contribution < 1.29 is 18.3 Å². The second-order valence-corrected chi connectivity index (χ2v) is 6.33. The molecule has 0 bridgehead atoms. The lowest BCUT2D eigenvalue weighted by atomic mass is 10.1. The van der Waals surface area contributed by atoms with Gasteiger partial charge in [0.25, 0.3) is 0 Å². The molecule has 0 spiro atoms. The molecule has 1 rings (SSSR count). The number of aliphatic carboxylic acids is 1. The van der Waals surface area contributed by atoms with Crippen molar-refractivity contribution in [3.63, 3.8) is 0 Å². The van der Waals surface area contributed by atoms with Crippen molar-refractivity contribution >= 4 is 15.8 Å². The molecule has 6 heteroatoms. The van der Waals surface area contributed by atoms with Gasteiger partial charge in [-0.1, -0.05) is 12.8 Å². The van der Waals surface area contributed by atoms with E-state index in [9.17, 15) is 13.2 Å². The zero-order chi connectivity index (χ0) is 11.5. The number of rotatable bonds is 5. The fraction of sp³-hybridized carbons (Fsp3) is 0.889. The highest BCUT2D eigenvalue weighted by atomic mass is 32.2. The predicted molar refractivity (Wildman–Crippen MR) is 56.2 cm³/mol. The topological polar surface area (TPSA) is 97.5 Å². The first-order valence-electron chi connectivity index (χ1n) is 5.09. The molecule has 0 amide bonds. The molecule has 1 atom stereocenters. The van der Waals surface area contributed by atoms with Crippen LogP contribution >= 0.6 is 0 Å². The van der Waals surface area contributed by atoms with Gasteiger partial charge in [0, 0.05) is 0 Å². The molecule has 0 aromatic rings. The number of carboxylic acid groups (broad SMARTS) is 1. The Balaban J connectivity index is 2.47. The van der Waals surface area contributed by atoms with Crippen LogP contribution in [-0.2, 0) is 14.6 Å². The number of carbonyl (C=O) groups is 1. The first-order chi connectivity index (χ1) is 6.91. The molecule has 3 N–H and O–H groups in total. The Kier molecular flexibility index (Phi) is 4.10. The van der Waals surface area contributed by atoms with E-state index in [4.69, 9.17) is 10.8 Å². The van der Waals surface area contributed by atoms with Gasteiger partial charge in [-0.05, 0) is 18.8 Å². The largest absolute Gasteiger partial charge is 0.480 e. The molecule has 1 aliphatic carbocycles. The Morgan fingerprint density at radius 1 is 1.40 bits per heavy atom. The van der Waals surface area contributed by atoms with Gasteiger partial charge in [-0.25, -0.2) is 8.42 Å². The van der Waals surface area contributed by atoms with E-state index in [1.807, 2.05) is 0 Å². The van der Waals surface area contributed by atoms with Gasteiger partial charge < -0.3 is 10.8 Å². The van der Waals surface area contributed by atoms with E-state index in [2.05, 4.69) is 0 Å². The number of sulfone groups is 1. The van der Waals surface area contributed by atoms with Crippen molar-refractivity contribution in [2.75, 3.05) is 11.5 Å². The molecule has 0 aromatic heterocycles. The SMILES string of the molecule is NC(CS(=O)(=O)CC1CCCC1)C(=O)O. The van der Waals surface area contributed by atoms with E-state index in [1.165, 1.54) is 0 Å². The van der Waals surface area contributed by atoms with Gasteiger partial charge in [-0.15, -0.1) is 0 Å². The molecular weight excluding hydrogens is 218 g/mol. The molecular formula is C9H17NO4S. The summed E-state index contributed by atoms with van der Waals surface area (Å²) in [5.41, 5.74) is 5.20. The van der Waals surface area contributed by atoms with Crippen LogP contribution in [0.5, 0.6) is 0 Å². The molecule has 0 heterocycles. The maximum atomic E-state index is 11.6. The fourth-order valence-electron chi connectivity index (χ4n) is 1.95. The average Bonchev–Trinajstić information content (AvgIpc) is 2.54. The number of hydrogen-bond acceptors (Lipinski definition) is 4. The summed E-state index contributed by atoms with van der Waals surface area (Å²) in [7, 11) is -3.32. The predicted octanol–water partition coefficient (Wildman–Crippen LogP) is 0.00330. The van der Waals surface area contributed by atoms with Crippen LogP contribution < -0.4 is 5.73 Å². The zero-order valence-electron chi connectivity index (χ0n) is 8.55. The first-order valence-corrected chi connectivity index (χ1v) is 6.91. The lowest BCUT2D eigenvalue weighted by molar-refractivity contribution is -0.137. The minimum Gasteiger partial charge on any atom is -0.480 e. The van der Waals surface area contributed by atoms with E-state index in [0.717, 1.165) is 25.7 Å². The van der Waals surface area contributed by atoms with Gasteiger partial charge in [0.2, 0.25) is 0 Å². The van der Waals surface area contributed by atoms with Gasteiger partial charge in [0.1, 0.15) is 6.04 Å². The Bertz CT molecular complexity index is 319. The van der Waals surface area contributed by atoms with Crippen molar-refractivity contribution in [3.05, 3.63) is 0 Å². The van der Waals surface area contributed by atoms with Crippen LogP contribution in [0, 0.1) is 5.92 Å². The smallest absolute Gasteiger partial charge is 0.321 e. The third-order valence-corrected chi connectivity index (χ3v) is 4.56. The summed E-state index contributed by atoms with van der Waals surface area (Å²) >= 11 is 0. The third-order valence-electron chi connectivity index (χ3n) is 2.72. The molecule has 15 heavy (non-hydrogen) atoms. The summed E-state index contributed by atoms with van der Waals surface area (Å²) in [4.78, 5) is 10.4. The van der Waals surface area contributed by atoms with Crippen molar-refractivity contribution in [3.8, 4) is 0 Å². The van der Waals surface area contributed by atoms with Gasteiger partial charge >= 0.3 is 5.97 Å². The summed E-state index contributed by atoms with van der Waals surface area (Å²) in [5.74, 6) is -1.41. The molecule has 5 nitrogen and oxygen atoms in total. The van der Waals surface area contributed by atoms with Crippen molar-refractivity contribution in [1.29, 1.82) is 0 Å². The molecule has 0 aliphatic heterocycles. The van der Waals surface area contributed by atoms with E-state index >= 15 is 0 Å². The third kappa shape index (κ3) is 4.17. The Hall–Kier alpha value is -0.620. The first kappa shape index (κ1) is 12.4. The summed E-state index contributed by atoms with van der Waals surface area (Å²) in [6.07, 6.45) is 4.01. The van der Waals surface area contributed by atoms with Crippen LogP contribution in [0.15, 0.2) is 0 Å². The minimum atomic E-state index is -3.32. The normalized spacial score (nSPS) is 20.3. The lowest BCUT2D eigenvalue weighted by Crippen LogP contribution is -2.38. The van der Waals surface area contributed by atoms with E-state index < -0.39 is 27.6 Å². The van der Waals surface area contributed by atoms with Crippen LogP contribution in [0.25, 0.3) is 0 Å². The number of nitrogens with two attached hydrogens (primary N) is 1. The maximum Gasteiger partial charge on any atom is 0.321 e. The summed E-state index contributed by atoms with van der Waals surface area (Å²) in [5, 5.41) is 8.52. The molecule has 0 radical (unpaired) electrons. The Morgan fingerprint density at radius 2 is 1.93 bits per heavy atom. The summed E-state index contributed by atoms with van der Waals surface area (Å²) < 4.78 is 23.1. The van der Waals surface area contributed by atoms with Gasteiger partial charge in [0.05, 0.1) is 11.5 Å². The van der Waals surface area contributed by atoms with Crippen LogP contribution in [0.1, 0.15) is 25.7 Å². The zero-order valence-corrected chi connectivity index (χ0v) is 9.37. The van der Waals surface area contributed by atoms with Gasteiger partial charge in [0.15, 0.2) is 9.84 Å². The highest BCUT2D eigenvalue weighted by Crippen LogP contribution is 2.26. The second kappa shape index (κ2) is 4.94. The average molecular weight is 235 g/mol. The highest BCUT2D eigenvalue weighted by Gasteiger charge is 2.26. The lowest BCUT2D eigenvalue weighted by Gasteiger charge is -2.11. The summed E-state index contributed by atoms with van der Waals surface area (Å²) in [6.45, 7) is 0. The molecule has 1 saturated carbocycles. The Labute approximate surface area is 89.6 Å². The van der Waals surface area contributed by atoms with Gasteiger partial charge in [-0.2, -0.15) is 0 Å². The van der Waals surface area contributed by atoms with E-state index in [1.54, 1.807) is 0 Å². The molecule has 0 aromatic carbocycles. The van der Waals surface area contributed by atoms with Crippen LogP contribution in [0.3, 0.4) is 0 Å². The quantitative estimate of drug-likeness (QED) is 0.699. The standard InChI is InChI=1S/C9H17NO4S/c10-8(9(11)12)6-15(13,14)5-7-3-1-2-4-7/h7-8H,1-6,10H2,(H,11,12). The fourth-order valence-corrected chi connectivity index (χ4v) is 3.83. The number of carboxylic acids is 1. The maximum absolute atomic E-state index is 11.6. The van der Waals surface area contributed by atoms with Crippen LogP contribution in [-0.4, -0.2) is 37.0 Å². The van der Waals surface area contributed by atoms with E-state index in [-0.39, 0.29) is 11.7 Å². The molecule has 1 aliphatic rings. The monoisotopic (exact) mass is 235 g/mol. The Morgan fingerprint density at radius 3 is 2.40 bits per heavy atom. The molecule has 1 unspecified atom stereocenters. The molecule has 88 valence electrons. The number of hydrogen-bond donors (Lipinski definition) is 2. The van der Waals surface area contributed by atoms with Gasteiger partial charge in [-0.3, -0.25) is 4.79 Å². The van der Waals surface area contributed by atoms with Crippen molar-refractivity contribution in [2.24, 2.45) is 11.7 Å². The van der Waals surface area contributed by atoms with Crippen LogP contribution in [0.2, 0.25) is 0 Å². The van der Waals surface area contributed by atoms with Crippen molar-refractivity contribution in [2.45, 2.75) is 31.7 Å².